The van der Waals surface area contributed by atoms with E-state index in [-0.39, 0.29) is 10.0 Å². The van der Waals surface area contributed by atoms with Gasteiger partial charge in [-0.1, -0.05) is 17.7 Å². The standard InChI is InChI=1S/C10H14N2O2S2/c1-7-3-5-9(6-4-7)16(13,14)8(2)12-10(11)15/h3-6,8H,1-2H3,(H3,11,12,15). The molecule has 16 heavy (non-hydrogen) atoms. The highest BCUT2D eigenvalue weighted by Crippen LogP contribution is 2.15. The number of thiocarbonyl (C=S) groups is 1. The molecule has 0 radical (unpaired) electrons. The van der Waals surface area contributed by atoms with E-state index in [2.05, 4.69) is 17.5 Å². The van der Waals surface area contributed by atoms with Gasteiger partial charge in [0.2, 0.25) is 0 Å². The predicted molar refractivity (Wildman–Crippen MR) is 67.7 cm³/mol. The maximum absolute atomic E-state index is 12.0. The third-order valence-electron chi connectivity index (χ3n) is 2.16. The van der Waals surface area contributed by atoms with Crippen molar-refractivity contribution in [2.24, 2.45) is 5.73 Å². The largest absolute Gasteiger partial charge is 0.376 e. The molecule has 1 aromatic carbocycles. The third-order valence-corrected chi connectivity index (χ3v) is 4.26. The SMILES string of the molecule is Cc1ccc(S(=O)(=O)C(C)NC(N)=S)cc1. The lowest BCUT2D eigenvalue weighted by Crippen LogP contribution is -2.41. The highest BCUT2D eigenvalue weighted by atomic mass is 32.2. The molecule has 0 aliphatic rings. The number of nitrogens with two attached hydrogens (primary N) is 1. The van der Waals surface area contributed by atoms with E-state index >= 15 is 0 Å². The van der Waals surface area contributed by atoms with Crippen molar-refractivity contribution in [1.29, 1.82) is 0 Å². The van der Waals surface area contributed by atoms with Gasteiger partial charge in [0.15, 0.2) is 14.9 Å². The lowest BCUT2D eigenvalue weighted by molar-refractivity contribution is 0.579. The first-order chi connectivity index (χ1) is 7.34. The molecule has 1 unspecified atom stereocenters. The summed E-state index contributed by atoms with van der Waals surface area (Å²) < 4.78 is 24.0. The first-order valence-corrected chi connectivity index (χ1v) is 6.66. The first kappa shape index (κ1) is 12.9. The van der Waals surface area contributed by atoms with E-state index in [4.69, 9.17) is 5.73 Å². The van der Waals surface area contributed by atoms with Gasteiger partial charge in [-0.05, 0) is 38.2 Å². The van der Waals surface area contributed by atoms with E-state index in [1.807, 2.05) is 6.92 Å². The molecule has 0 saturated heterocycles. The summed E-state index contributed by atoms with van der Waals surface area (Å²) in [5.74, 6) is 0. The maximum atomic E-state index is 12.0. The summed E-state index contributed by atoms with van der Waals surface area (Å²) in [6.45, 7) is 3.40. The van der Waals surface area contributed by atoms with E-state index in [9.17, 15) is 8.42 Å². The molecule has 6 heteroatoms. The van der Waals surface area contributed by atoms with Gasteiger partial charge >= 0.3 is 0 Å². The molecular formula is C10H14N2O2S2. The van der Waals surface area contributed by atoms with Crippen LogP contribution in [0.4, 0.5) is 0 Å². The quantitative estimate of drug-likeness (QED) is 0.790. The zero-order valence-corrected chi connectivity index (χ0v) is 10.7. The molecule has 1 atom stereocenters. The Bertz CT molecular complexity index is 480. The Balaban J connectivity index is 3.02. The van der Waals surface area contributed by atoms with Gasteiger partial charge in [-0.15, -0.1) is 0 Å². The third kappa shape index (κ3) is 2.93. The number of benzene rings is 1. The van der Waals surface area contributed by atoms with Crippen LogP contribution in [0.3, 0.4) is 0 Å². The Kier molecular flexibility index (Phi) is 3.88. The van der Waals surface area contributed by atoms with Crippen molar-refractivity contribution in [3.63, 3.8) is 0 Å². The van der Waals surface area contributed by atoms with Crippen molar-refractivity contribution in [2.45, 2.75) is 24.1 Å². The summed E-state index contributed by atoms with van der Waals surface area (Å²) in [4.78, 5) is 0.259. The minimum atomic E-state index is -3.43. The molecule has 0 aliphatic carbocycles. The summed E-state index contributed by atoms with van der Waals surface area (Å²) >= 11 is 4.61. The summed E-state index contributed by atoms with van der Waals surface area (Å²) in [5.41, 5.74) is 6.26. The number of sulfone groups is 1. The predicted octanol–water partition coefficient (Wildman–Crippen LogP) is 0.948. The fraction of sp³-hybridized carbons (Fsp3) is 0.300. The summed E-state index contributed by atoms with van der Waals surface area (Å²) in [5, 5.41) is 1.67. The molecule has 3 N–H and O–H groups in total. The Morgan fingerprint density at radius 1 is 1.38 bits per heavy atom. The van der Waals surface area contributed by atoms with Crippen molar-refractivity contribution in [3.05, 3.63) is 29.8 Å². The molecule has 0 spiro atoms. The maximum Gasteiger partial charge on any atom is 0.198 e. The summed E-state index contributed by atoms with van der Waals surface area (Å²) in [6.07, 6.45) is 0. The minimum Gasteiger partial charge on any atom is -0.376 e. The van der Waals surface area contributed by atoms with Crippen LogP contribution >= 0.6 is 12.2 Å². The van der Waals surface area contributed by atoms with Crippen LogP contribution in [0.1, 0.15) is 12.5 Å². The smallest absolute Gasteiger partial charge is 0.198 e. The average Bonchev–Trinajstić information content (AvgIpc) is 2.17. The van der Waals surface area contributed by atoms with E-state index in [1.165, 1.54) is 6.92 Å². The lowest BCUT2D eigenvalue weighted by Gasteiger charge is -2.14. The summed E-state index contributed by atoms with van der Waals surface area (Å²) in [6, 6.07) is 6.64. The minimum absolute atomic E-state index is 0.0248. The molecule has 1 rings (SSSR count). The van der Waals surface area contributed by atoms with Crippen LogP contribution in [0.5, 0.6) is 0 Å². The Hall–Kier alpha value is -1.14. The molecule has 0 bridgehead atoms. The topological polar surface area (TPSA) is 72.2 Å². The van der Waals surface area contributed by atoms with Crippen LogP contribution in [0.15, 0.2) is 29.2 Å². The number of hydrogen-bond donors (Lipinski definition) is 2. The molecule has 0 fully saturated rings. The van der Waals surface area contributed by atoms with E-state index in [1.54, 1.807) is 24.3 Å². The van der Waals surface area contributed by atoms with Gasteiger partial charge in [-0.25, -0.2) is 8.42 Å². The van der Waals surface area contributed by atoms with Crippen molar-refractivity contribution in [3.8, 4) is 0 Å². The molecule has 0 aliphatic heterocycles. The monoisotopic (exact) mass is 258 g/mol. The van der Waals surface area contributed by atoms with Crippen LogP contribution < -0.4 is 11.1 Å². The van der Waals surface area contributed by atoms with Crippen LogP contribution in [0.2, 0.25) is 0 Å². The summed E-state index contributed by atoms with van der Waals surface area (Å²) in [7, 11) is -3.43. The van der Waals surface area contributed by atoms with E-state index in [0.717, 1.165) is 5.56 Å². The van der Waals surface area contributed by atoms with Crippen molar-refractivity contribution in [2.75, 3.05) is 0 Å². The van der Waals surface area contributed by atoms with Gasteiger partial charge in [0, 0.05) is 0 Å². The van der Waals surface area contributed by atoms with Gasteiger partial charge in [-0.3, -0.25) is 0 Å². The molecule has 0 heterocycles. The molecule has 88 valence electrons. The normalized spacial score (nSPS) is 13.1. The zero-order chi connectivity index (χ0) is 12.3. The second kappa shape index (κ2) is 4.80. The van der Waals surface area contributed by atoms with Crippen molar-refractivity contribution >= 4 is 27.2 Å². The Labute approximate surface area is 101 Å². The molecular weight excluding hydrogens is 244 g/mol. The van der Waals surface area contributed by atoms with Gasteiger partial charge < -0.3 is 11.1 Å². The van der Waals surface area contributed by atoms with Gasteiger partial charge in [0.05, 0.1) is 4.90 Å². The number of aryl methyl sites for hydroxylation is 1. The molecule has 1 aromatic rings. The van der Waals surface area contributed by atoms with E-state index < -0.39 is 15.2 Å². The molecule has 0 amide bonds. The Morgan fingerprint density at radius 2 is 1.88 bits per heavy atom. The van der Waals surface area contributed by atoms with Crippen molar-refractivity contribution < 1.29 is 8.42 Å². The number of nitrogens with one attached hydrogen (secondary N) is 1. The van der Waals surface area contributed by atoms with E-state index in [0.29, 0.717) is 0 Å². The van der Waals surface area contributed by atoms with Gasteiger partial charge in [-0.2, -0.15) is 0 Å². The first-order valence-electron chi connectivity index (χ1n) is 4.70. The number of rotatable bonds is 3. The van der Waals surface area contributed by atoms with Crippen LogP contribution in [0, 0.1) is 6.92 Å². The van der Waals surface area contributed by atoms with Gasteiger partial charge in [0.25, 0.3) is 0 Å². The molecule has 4 nitrogen and oxygen atoms in total. The zero-order valence-electron chi connectivity index (χ0n) is 9.10. The van der Waals surface area contributed by atoms with Crippen LogP contribution in [-0.2, 0) is 9.84 Å². The molecule has 0 saturated carbocycles. The highest BCUT2D eigenvalue weighted by Gasteiger charge is 2.22. The second-order valence-corrected chi connectivity index (χ2v) is 6.22. The van der Waals surface area contributed by atoms with Gasteiger partial charge in [0.1, 0.15) is 5.37 Å². The van der Waals surface area contributed by atoms with Crippen LogP contribution in [-0.4, -0.2) is 18.9 Å². The highest BCUT2D eigenvalue weighted by molar-refractivity contribution is 7.92. The lowest BCUT2D eigenvalue weighted by atomic mass is 10.2. The van der Waals surface area contributed by atoms with Crippen molar-refractivity contribution in [1.82, 2.24) is 5.32 Å². The fourth-order valence-corrected chi connectivity index (χ4v) is 2.67. The van der Waals surface area contributed by atoms with Crippen LogP contribution in [0.25, 0.3) is 0 Å². The average molecular weight is 258 g/mol. The number of hydrogen-bond acceptors (Lipinski definition) is 3. The Morgan fingerprint density at radius 3 is 2.31 bits per heavy atom. The molecule has 0 aromatic heterocycles. The second-order valence-electron chi connectivity index (χ2n) is 3.51. The fourth-order valence-electron chi connectivity index (χ4n) is 1.21.